The molecule has 0 atom stereocenters. The second-order valence-electron chi connectivity index (χ2n) is 4.41. The zero-order valence-electron chi connectivity index (χ0n) is 11.2. The van der Waals surface area contributed by atoms with Crippen LogP contribution in [0.2, 0.25) is 0 Å². The average Bonchev–Trinajstić information content (AvgIpc) is 2.35. The van der Waals surface area contributed by atoms with Crippen molar-refractivity contribution >= 4 is 17.8 Å². The smallest absolute Gasteiger partial charge is 0.211 e. The highest BCUT2D eigenvalue weighted by Gasteiger charge is 1.92. The zero-order valence-corrected chi connectivity index (χ0v) is 12.1. The lowest BCUT2D eigenvalue weighted by molar-refractivity contribution is 0.562. The molecule has 0 fully saturated rings. The minimum Gasteiger partial charge on any atom is -0.211 e. The lowest BCUT2D eigenvalue weighted by atomic mass is 10.1. The Morgan fingerprint density at radius 2 is 1.47 bits per heavy atom. The molecule has 0 aromatic heterocycles. The van der Waals surface area contributed by atoms with Crippen LogP contribution in [0.1, 0.15) is 64.7 Å². The largest absolute Gasteiger partial charge is 0.234 e. The molecule has 0 aliphatic rings. The molecule has 0 aromatic rings. The first-order chi connectivity index (χ1) is 8.41. The van der Waals surface area contributed by atoms with Crippen molar-refractivity contribution in [1.29, 1.82) is 0 Å². The maximum Gasteiger partial charge on any atom is 0.234 e. The molecule has 0 saturated carbocycles. The Kier molecular flexibility index (Phi) is 15.5. The van der Waals surface area contributed by atoms with Crippen molar-refractivity contribution in [3.05, 3.63) is 0 Å². The molecule has 100 valence electrons. The minimum atomic E-state index is 0.647. The Morgan fingerprint density at radius 1 is 0.882 bits per heavy atom. The van der Waals surface area contributed by atoms with Crippen molar-refractivity contribution in [2.45, 2.75) is 64.7 Å². The molecule has 0 unspecified atom stereocenters. The van der Waals surface area contributed by atoms with E-state index in [9.17, 15) is 4.79 Å². The van der Waals surface area contributed by atoms with Crippen LogP contribution in [0.25, 0.3) is 0 Å². The fourth-order valence-electron chi connectivity index (χ4n) is 1.73. The predicted octanol–water partition coefficient (Wildman–Crippen LogP) is 4.59. The summed E-state index contributed by atoms with van der Waals surface area (Å²) in [6.45, 7) is 2.91. The van der Waals surface area contributed by atoms with Crippen LogP contribution in [-0.4, -0.2) is 24.1 Å². The summed E-state index contributed by atoms with van der Waals surface area (Å²) < 4.78 is 0. The molecule has 0 amide bonds. The summed E-state index contributed by atoms with van der Waals surface area (Å²) in [5.74, 6) is 2.39. The molecule has 0 spiro atoms. The summed E-state index contributed by atoms with van der Waals surface area (Å²) in [5, 5.41) is 0. The summed E-state index contributed by atoms with van der Waals surface area (Å²) in [7, 11) is 0. The van der Waals surface area contributed by atoms with E-state index >= 15 is 0 Å². The van der Waals surface area contributed by atoms with Crippen molar-refractivity contribution < 1.29 is 4.79 Å². The highest BCUT2D eigenvalue weighted by atomic mass is 32.2. The molecule has 0 bridgehead atoms. The number of aliphatic imine (C=N–C) groups is 1. The van der Waals surface area contributed by atoms with E-state index in [-0.39, 0.29) is 0 Å². The van der Waals surface area contributed by atoms with E-state index in [0.29, 0.717) is 6.54 Å². The summed E-state index contributed by atoms with van der Waals surface area (Å²) in [4.78, 5) is 13.3. The van der Waals surface area contributed by atoms with Crippen LogP contribution in [0.5, 0.6) is 0 Å². The zero-order chi connectivity index (χ0) is 12.6. The second kappa shape index (κ2) is 15.7. The SMILES string of the molecule is CCCCCCCCCCSCCCN=C=O. The fourth-order valence-corrected chi connectivity index (χ4v) is 2.68. The van der Waals surface area contributed by atoms with E-state index in [2.05, 4.69) is 11.9 Å². The first-order valence-corrected chi connectivity index (χ1v) is 8.18. The fraction of sp³-hybridized carbons (Fsp3) is 0.929. The van der Waals surface area contributed by atoms with Crippen molar-refractivity contribution in [1.82, 2.24) is 0 Å². The molecule has 0 rings (SSSR count). The van der Waals surface area contributed by atoms with Crippen LogP contribution in [0.15, 0.2) is 4.99 Å². The normalized spacial score (nSPS) is 10.2. The first kappa shape index (κ1) is 16.7. The summed E-state index contributed by atoms with van der Waals surface area (Å²) in [6.07, 6.45) is 13.7. The van der Waals surface area contributed by atoms with Gasteiger partial charge < -0.3 is 0 Å². The van der Waals surface area contributed by atoms with Gasteiger partial charge in [0.05, 0.1) is 6.54 Å². The number of nitrogens with zero attached hydrogens (tertiary/aromatic N) is 1. The van der Waals surface area contributed by atoms with E-state index in [1.54, 1.807) is 6.08 Å². The Labute approximate surface area is 111 Å². The lowest BCUT2D eigenvalue weighted by Gasteiger charge is -2.01. The van der Waals surface area contributed by atoms with Gasteiger partial charge in [-0.2, -0.15) is 11.8 Å². The van der Waals surface area contributed by atoms with Crippen molar-refractivity contribution in [3.8, 4) is 0 Å². The summed E-state index contributed by atoms with van der Waals surface area (Å²) >= 11 is 1.99. The highest BCUT2D eigenvalue weighted by molar-refractivity contribution is 7.99. The molecule has 0 saturated heterocycles. The molecule has 0 N–H and O–H groups in total. The molecule has 0 aliphatic carbocycles. The van der Waals surface area contributed by atoms with Gasteiger partial charge in [0.2, 0.25) is 6.08 Å². The number of hydrogen-bond donors (Lipinski definition) is 0. The van der Waals surface area contributed by atoms with Gasteiger partial charge in [0.1, 0.15) is 0 Å². The standard InChI is InChI=1S/C14H27NOS/c1-2-3-4-5-6-7-8-9-12-17-13-10-11-15-14-16/h2-13H2,1H3. The Hall–Kier alpha value is -0.270. The molecular weight excluding hydrogens is 230 g/mol. The third-order valence-corrected chi connectivity index (χ3v) is 3.92. The van der Waals surface area contributed by atoms with E-state index in [0.717, 1.165) is 12.2 Å². The molecule has 17 heavy (non-hydrogen) atoms. The lowest BCUT2D eigenvalue weighted by Crippen LogP contribution is -1.88. The third-order valence-electron chi connectivity index (χ3n) is 2.77. The third kappa shape index (κ3) is 15.7. The van der Waals surface area contributed by atoms with Gasteiger partial charge in [-0.1, -0.05) is 51.9 Å². The number of unbranched alkanes of at least 4 members (excludes halogenated alkanes) is 7. The predicted molar refractivity (Wildman–Crippen MR) is 77.5 cm³/mol. The van der Waals surface area contributed by atoms with Gasteiger partial charge in [0, 0.05) is 0 Å². The van der Waals surface area contributed by atoms with Crippen LogP contribution < -0.4 is 0 Å². The quantitative estimate of drug-likeness (QED) is 0.274. The van der Waals surface area contributed by atoms with Gasteiger partial charge in [-0.05, 0) is 24.3 Å². The van der Waals surface area contributed by atoms with Gasteiger partial charge in [-0.3, -0.25) is 0 Å². The second-order valence-corrected chi connectivity index (χ2v) is 5.64. The summed E-state index contributed by atoms with van der Waals surface area (Å²) in [5.41, 5.74) is 0. The number of carbonyl (C=O) groups excluding carboxylic acids is 1. The van der Waals surface area contributed by atoms with Crippen LogP contribution in [0.4, 0.5) is 0 Å². The molecule has 0 aromatic carbocycles. The Balaban J connectivity index is 2.91. The van der Waals surface area contributed by atoms with E-state index in [4.69, 9.17) is 0 Å². The number of isocyanates is 1. The van der Waals surface area contributed by atoms with Crippen molar-refractivity contribution in [2.75, 3.05) is 18.1 Å². The Bertz CT molecular complexity index is 191. The molecule has 2 nitrogen and oxygen atoms in total. The van der Waals surface area contributed by atoms with Crippen LogP contribution in [-0.2, 0) is 4.79 Å². The van der Waals surface area contributed by atoms with Crippen molar-refractivity contribution in [3.63, 3.8) is 0 Å². The number of thioether (sulfide) groups is 1. The van der Waals surface area contributed by atoms with Gasteiger partial charge >= 0.3 is 0 Å². The van der Waals surface area contributed by atoms with Crippen LogP contribution in [0, 0.1) is 0 Å². The minimum absolute atomic E-state index is 0.647. The summed E-state index contributed by atoms with van der Waals surface area (Å²) in [6, 6.07) is 0. The van der Waals surface area contributed by atoms with Gasteiger partial charge in [0.15, 0.2) is 0 Å². The van der Waals surface area contributed by atoms with Gasteiger partial charge in [-0.15, -0.1) is 0 Å². The molecule has 0 radical (unpaired) electrons. The highest BCUT2D eigenvalue weighted by Crippen LogP contribution is 2.11. The number of rotatable bonds is 13. The van der Waals surface area contributed by atoms with Crippen LogP contribution >= 0.6 is 11.8 Å². The van der Waals surface area contributed by atoms with Gasteiger partial charge in [0.25, 0.3) is 0 Å². The van der Waals surface area contributed by atoms with E-state index in [1.165, 1.54) is 57.1 Å². The molecule has 0 aliphatic heterocycles. The maximum absolute atomic E-state index is 9.81. The maximum atomic E-state index is 9.81. The molecular formula is C14H27NOS. The van der Waals surface area contributed by atoms with E-state index in [1.807, 2.05) is 11.8 Å². The van der Waals surface area contributed by atoms with Gasteiger partial charge in [-0.25, -0.2) is 9.79 Å². The van der Waals surface area contributed by atoms with Crippen LogP contribution in [0.3, 0.4) is 0 Å². The van der Waals surface area contributed by atoms with Crippen molar-refractivity contribution in [2.24, 2.45) is 4.99 Å². The average molecular weight is 257 g/mol. The molecule has 0 heterocycles. The topological polar surface area (TPSA) is 29.4 Å². The van der Waals surface area contributed by atoms with E-state index < -0.39 is 0 Å². The molecule has 3 heteroatoms. The Morgan fingerprint density at radius 3 is 2.12 bits per heavy atom. The number of hydrogen-bond acceptors (Lipinski definition) is 3. The first-order valence-electron chi connectivity index (χ1n) is 7.03. The monoisotopic (exact) mass is 257 g/mol.